The van der Waals surface area contributed by atoms with Crippen molar-refractivity contribution in [3.05, 3.63) is 144 Å². The first-order valence-corrected chi connectivity index (χ1v) is 16.0. The number of nitrogens with zero attached hydrogens (tertiary/aromatic N) is 6. The van der Waals surface area contributed by atoms with E-state index >= 15 is 0 Å². The van der Waals surface area contributed by atoms with Crippen molar-refractivity contribution in [3.63, 3.8) is 0 Å². The van der Waals surface area contributed by atoms with Crippen LogP contribution < -0.4 is 0 Å². The van der Waals surface area contributed by atoms with Crippen LogP contribution in [0.1, 0.15) is 49.9 Å². The molecule has 0 bridgehead atoms. The molecule has 0 fully saturated rings. The van der Waals surface area contributed by atoms with Gasteiger partial charge in [0.2, 0.25) is 23.6 Å². The molecule has 0 saturated carbocycles. The SMILES string of the molecule is CC(=O)N(Cc1ccccc1)N(CCN(N(Cc1ccccc1)C(C)=O)N(Cc1ccccc1)C(C)=O)N(Cc1ccccc1)C(C)=O. The molecule has 0 aromatic heterocycles. The van der Waals surface area contributed by atoms with E-state index < -0.39 is 0 Å². The normalized spacial score (nSPS) is 10.9. The lowest BCUT2D eigenvalue weighted by atomic mass is 10.2. The molecule has 0 spiro atoms. The van der Waals surface area contributed by atoms with Crippen LogP contribution in [0.15, 0.2) is 121 Å². The van der Waals surface area contributed by atoms with Crippen molar-refractivity contribution in [2.75, 3.05) is 13.1 Å². The van der Waals surface area contributed by atoms with Crippen LogP contribution in [-0.4, -0.2) is 67.0 Å². The van der Waals surface area contributed by atoms with E-state index in [4.69, 9.17) is 0 Å². The summed E-state index contributed by atoms with van der Waals surface area (Å²) in [7, 11) is 0. The van der Waals surface area contributed by atoms with Crippen LogP contribution in [0.5, 0.6) is 0 Å². The van der Waals surface area contributed by atoms with Gasteiger partial charge in [-0.2, -0.15) is 0 Å². The van der Waals surface area contributed by atoms with Crippen molar-refractivity contribution in [1.82, 2.24) is 30.3 Å². The molecule has 0 atom stereocenters. The summed E-state index contributed by atoms with van der Waals surface area (Å²) in [6, 6.07) is 38.2. The fourth-order valence-corrected chi connectivity index (χ4v) is 5.37. The minimum Gasteiger partial charge on any atom is -0.274 e. The largest absolute Gasteiger partial charge is 0.274 e. The van der Waals surface area contributed by atoms with Crippen molar-refractivity contribution in [3.8, 4) is 0 Å². The average Bonchev–Trinajstić information content (AvgIpc) is 3.08. The smallest absolute Gasteiger partial charge is 0.235 e. The molecule has 0 aliphatic rings. The highest BCUT2D eigenvalue weighted by molar-refractivity contribution is 5.76. The molecule has 48 heavy (non-hydrogen) atoms. The molecule has 4 amide bonds. The lowest BCUT2D eigenvalue weighted by molar-refractivity contribution is -0.228. The van der Waals surface area contributed by atoms with Gasteiger partial charge < -0.3 is 0 Å². The standard InChI is InChI=1S/C38H44N6O4/c1-31(45)39(27-35-17-9-5-10-18-35)43(40(32(2)46)28-36-19-11-6-12-20-36)25-26-44(41(33(3)47)29-37-21-13-7-14-22-37)42(34(4)48)30-38-23-15-8-16-24-38/h5-24H,25-30H2,1-4H3. The monoisotopic (exact) mass is 648 g/mol. The summed E-state index contributed by atoms with van der Waals surface area (Å²) in [5.74, 6) is -1.09. The second-order valence-electron chi connectivity index (χ2n) is 11.4. The van der Waals surface area contributed by atoms with E-state index in [1.54, 1.807) is 10.2 Å². The Bertz CT molecular complexity index is 1380. The van der Waals surface area contributed by atoms with Gasteiger partial charge in [-0.1, -0.05) is 121 Å². The number of carbonyl (C=O) groups excluding carboxylic acids is 4. The molecule has 10 heteroatoms. The first kappa shape index (κ1) is 35.5. The van der Waals surface area contributed by atoms with E-state index in [0.717, 1.165) is 22.3 Å². The van der Waals surface area contributed by atoms with Gasteiger partial charge in [-0.15, -0.1) is 10.2 Å². The zero-order valence-electron chi connectivity index (χ0n) is 28.1. The third-order valence-corrected chi connectivity index (χ3v) is 7.77. The molecule has 4 aromatic carbocycles. The fourth-order valence-electron chi connectivity index (χ4n) is 5.37. The summed E-state index contributed by atoms with van der Waals surface area (Å²) in [6.07, 6.45) is 0. The molecule has 250 valence electrons. The van der Waals surface area contributed by atoms with E-state index in [-0.39, 0.29) is 62.9 Å². The van der Waals surface area contributed by atoms with Crippen LogP contribution in [-0.2, 0) is 45.4 Å². The van der Waals surface area contributed by atoms with E-state index in [1.807, 2.05) is 121 Å². The summed E-state index contributed by atoms with van der Waals surface area (Å²) in [5.41, 5.74) is 3.51. The van der Waals surface area contributed by atoms with Gasteiger partial charge in [-0.3, -0.25) is 39.2 Å². The van der Waals surface area contributed by atoms with Crippen molar-refractivity contribution in [1.29, 1.82) is 0 Å². The second-order valence-corrected chi connectivity index (χ2v) is 11.4. The number of amides is 4. The summed E-state index contributed by atoms with van der Waals surface area (Å²) in [4.78, 5) is 53.5. The highest BCUT2D eigenvalue weighted by atomic mass is 16.2. The topological polar surface area (TPSA) is 87.7 Å². The molecular formula is C38H44N6O4. The van der Waals surface area contributed by atoms with Crippen molar-refractivity contribution < 1.29 is 19.2 Å². The van der Waals surface area contributed by atoms with Crippen LogP contribution in [0.25, 0.3) is 0 Å². The molecular weight excluding hydrogens is 604 g/mol. The maximum Gasteiger partial charge on any atom is 0.235 e. The van der Waals surface area contributed by atoms with Gasteiger partial charge in [-0.05, 0) is 22.3 Å². The number of carbonyl (C=O) groups is 4. The first-order chi connectivity index (χ1) is 23.1. The Balaban J connectivity index is 1.78. The minimum atomic E-state index is -0.273. The summed E-state index contributed by atoms with van der Waals surface area (Å²) >= 11 is 0. The number of hydrogen-bond donors (Lipinski definition) is 0. The molecule has 0 radical (unpaired) electrons. The Morgan fingerprint density at radius 3 is 0.708 bits per heavy atom. The van der Waals surface area contributed by atoms with Crippen LogP contribution in [0.4, 0.5) is 0 Å². The van der Waals surface area contributed by atoms with E-state index in [0.29, 0.717) is 0 Å². The maximum atomic E-state index is 13.4. The lowest BCUT2D eigenvalue weighted by Crippen LogP contribution is -2.61. The van der Waals surface area contributed by atoms with Gasteiger partial charge in [0.15, 0.2) is 0 Å². The third-order valence-electron chi connectivity index (χ3n) is 7.77. The predicted molar refractivity (Wildman–Crippen MR) is 184 cm³/mol. The Morgan fingerprint density at radius 2 is 0.542 bits per heavy atom. The number of benzene rings is 4. The zero-order chi connectivity index (χ0) is 34.5. The maximum absolute atomic E-state index is 13.4. The molecule has 0 unspecified atom stereocenters. The average molecular weight is 649 g/mol. The van der Waals surface area contributed by atoms with Gasteiger partial charge in [-0.25, -0.2) is 0 Å². The molecule has 0 aliphatic heterocycles. The van der Waals surface area contributed by atoms with Crippen LogP contribution in [0.2, 0.25) is 0 Å². The molecule has 4 rings (SSSR count). The quantitative estimate of drug-likeness (QED) is 0.160. The van der Waals surface area contributed by atoms with Gasteiger partial charge in [0.05, 0.1) is 39.3 Å². The van der Waals surface area contributed by atoms with Gasteiger partial charge >= 0.3 is 0 Å². The molecule has 10 nitrogen and oxygen atoms in total. The van der Waals surface area contributed by atoms with Crippen LogP contribution >= 0.6 is 0 Å². The molecule has 4 aromatic rings. The van der Waals surface area contributed by atoms with Crippen LogP contribution in [0.3, 0.4) is 0 Å². The number of hydrogen-bond acceptors (Lipinski definition) is 6. The van der Waals surface area contributed by atoms with Gasteiger partial charge in [0.25, 0.3) is 0 Å². The lowest BCUT2D eigenvalue weighted by Gasteiger charge is -2.45. The third kappa shape index (κ3) is 10.1. The molecule has 0 saturated heterocycles. The van der Waals surface area contributed by atoms with Crippen molar-refractivity contribution in [2.45, 2.75) is 53.9 Å². The van der Waals surface area contributed by atoms with Gasteiger partial charge in [0, 0.05) is 27.7 Å². The Hall–Kier alpha value is -5.32. The zero-order valence-corrected chi connectivity index (χ0v) is 28.1. The second kappa shape index (κ2) is 17.6. The van der Waals surface area contributed by atoms with E-state index in [2.05, 4.69) is 0 Å². The summed E-state index contributed by atoms with van der Waals surface area (Å²) in [5, 5.41) is 9.40. The van der Waals surface area contributed by atoms with Crippen molar-refractivity contribution in [2.24, 2.45) is 0 Å². The Kier molecular flexibility index (Phi) is 13.0. The highest BCUT2D eigenvalue weighted by Gasteiger charge is 2.32. The fraction of sp³-hybridized carbons (Fsp3) is 0.263. The predicted octanol–water partition coefficient (Wildman–Crippen LogP) is 5.45. The molecule has 0 aliphatic carbocycles. The number of rotatable bonds is 15. The first-order valence-electron chi connectivity index (χ1n) is 16.0. The van der Waals surface area contributed by atoms with Crippen molar-refractivity contribution >= 4 is 23.6 Å². The van der Waals surface area contributed by atoms with E-state index in [9.17, 15) is 19.2 Å². The summed E-state index contributed by atoms with van der Waals surface area (Å²) in [6.45, 7) is 6.82. The Labute approximate surface area is 283 Å². The number of hydrazine groups is 4. The summed E-state index contributed by atoms with van der Waals surface area (Å²) < 4.78 is 0. The minimum absolute atomic E-state index is 0.0793. The van der Waals surface area contributed by atoms with E-state index in [1.165, 1.54) is 47.7 Å². The molecule has 0 heterocycles. The van der Waals surface area contributed by atoms with Gasteiger partial charge in [0.1, 0.15) is 0 Å². The molecule has 0 N–H and O–H groups in total. The Morgan fingerprint density at radius 1 is 0.354 bits per heavy atom. The van der Waals surface area contributed by atoms with Crippen LogP contribution in [0, 0.1) is 0 Å². The highest BCUT2D eigenvalue weighted by Crippen LogP contribution is 2.19.